The molecule has 0 aromatic carbocycles. The standard InChI is InChI=1S/C9H17NO3/c1-8(2)5-13-6-9(8,10-3)4-7(11)12/h10H,4-6H2,1-3H3,(H,11,12). The summed E-state index contributed by atoms with van der Waals surface area (Å²) in [6, 6.07) is 0. The smallest absolute Gasteiger partial charge is 0.305 e. The highest BCUT2D eigenvalue weighted by Crippen LogP contribution is 2.39. The molecule has 76 valence electrons. The number of likely N-dealkylation sites (N-methyl/N-ethyl adjacent to an activating group) is 1. The topological polar surface area (TPSA) is 58.6 Å². The number of carboxylic acids is 1. The van der Waals surface area contributed by atoms with Crippen molar-refractivity contribution in [3.05, 3.63) is 0 Å². The van der Waals surface area contributed by atoms with Gasteiger partial charge in [0.25, 0.3) is 0 Å². The third-order valence-electron chi connectivity index (χ3n) is 3.04. The zero-order valence-electron chi connectivity index (χ0n) is 8.39. The summed E-state index contributed by atoms with van der Waals surface area (Å²) in [5.74, 6) is -0.784. The van der Waals surface area contributed by atoms with Crippen molar-refractivity contribution in [3.8, 4) is 0 Å². The van der Waals surface area contributed by atoms with Crippen LogP contribution in [0.5, 0.6) is 0 Å². The molecule has 1 aliphatic heterocycles. The number of carbonyl (C=O) groups is 1. The average molecular weight is 187 g/mol. The maximum absolute atomic E-state index is 10.7. The van der Waals surface area contributed by atoms with Crippen molar-refractivity contribution in [1.82, 2.24) is 5.32 Å². The van der Waals surface area contributed by atoms with Crippen LogP contribution in [-0.4, -0.2) is 36.9 Å². The van der Waals surface area contributed by atoms with E-state index in [-0.39, 0.29) is 11.8 Å². The molecule has 0 amide bonds. The van der Waals surface area contributed by atoms with E-state index in [1.165, 1.54) is 0 Å². The summed E-state index contributed by atoms with van der Waals surface area (Å²) >= 11 is 0. The predicted octanol–water partition coefficient (Wildman–Crippen LogP) is 0.476. The summed E-state index contributed by atoms with van der Waals surface area (Å²) in [7, 11) is 1.79. The summed E-state index contributed by atoms with van der Waals surface area (Å²) < 4.78 is 5.34. The minimum absolute atomic E-state index is 0.108. The number of carboxylic acid groups (broad SMARTS) is 1. The molecule has 0 spiro atoms. The summed E-state index contributed by atoms with van der Waals surface area (Å²) in [4.78, 5) is 10.7. The van der Waals surface area contributed by atoms with Crippen LogP contribution >= 0.6 is 0 Å². The van der Waals surface area contributed by atoms with Gasteiger partial charge in [0.05, 0.1) is 25.2 Å². The van der Waals surface area contributed by atoms with E-state index in [1.54, 1.807) is 7.05 Å². The first-order valence-electron chi connectivity index (χ1n) is 4.42. The van der Waals surface area contributed by atoms with Crippen LogP contribution in [0.1, 0.15) is 20.3 Å². The molecule has 1 fully saturated rings. The van der Waals surface area contributed by atoms with Crippen LogP contribution in [0.25, 0.3) is 0 Å². The Morgan fingerprint density at radius 1 is 1.54 bits per heavy atom. The number of rotatable bonds is 3. The second kappa shape index (κ2) is 3.27. The third-order valence-corrected chi connectivity index (χ3v) is 3.04. The van der Waals surface area contributed by atoms with Crippen molar-refractivity contribution >= 4 is 5.97 Å². The molecule has 2 N–H and O–H groups in total. The SMILES string of the molecule is CNC1(CC(=O)O)COCC1(C)C. The highest BCUT2D eigenvalue weighted by molar-refractivity contribution is 5.68. The van der Waals surface area contributed by atoms with Crippen molar-refractivity contribution in [2.75, 3.05) is 20.3 Å². The molecule has 0 saturated carbocycles. The lowest BCUT2D eigenvalue weighted by molar-refractivity contribution is -0.139. The molecule has 1 aliphatic rings. The first-order chi connectivity index (χ1) is 5.93. The van der Waals surface area contributed by atoms with Gasteiger partial charge in [0, 0.05) is 5.41 Å². The Balaban J connectivity index is 2.85. The number of ether oxygens (including phenoxy) is 1. The van der Waals surface area contributed by atoms with E-state index in [2.05, 4.69) is 5.32 Å². The fourth-order valence-electron chi connectivity index (χ4n) is 1.86. The lowest BCUT2D eigenvalue weighted by Gasteiger charge is -2.38. The molecule has 0 aromatic rings. The molecule has 0 bridgehead atoms. The first kappa shape index (κ1) is 10.5. The van der Waals surface area contributed by atoms with Crippen LogP contribution in [-0.2, 0) is 9.53 Å². The predicted molar refractivity (Wildman–Crippen MR) is 48.6 cm³/mol. The van der Waals surface area contributed by atoms with E-state index in [1.807, 2.05) is 13.8 Å². The molecule has 1 rings (SSSR count). The molecule has 1 saturated heterocycles. The van der Waals surface area contributed by atoms with E-state index >= 15 is 0 Å². The van der Waals surface area contributed by atoms with Gasteiger partial charge in [-0.05, 0) is 7.05 Å². The second-order valence-corrected chi connectivity index (χ2v) is 4.28. The third kappa shape index (κ3) is 1.69. The molecule has 0 aliphatic carbocycles. The Morgan fingerprint density at radius 2 is 2.15 bits per heavy atom. The van der Waals surface area contributed by atoms with Gasteiger partial charge in [-0.15, -0.1) is 0 Å². The molecular formula is C9H17NO3. The van der Waals surface area contributed by atoms with Crippen LogP contribution in [0.15, 0.2) is 0 Å². The van der Waals surface area contributed by atoms with Crippen LogP contribution < -0.4 is 5.32 Å². The molecule has 4 heteroatoms. The molecule has 1 atom stereocenters. The highest BCUT2D eigenvalue weighted by atomic mass is 16.5. The molecular weight excluding hydrogens is 170 g/mol. The first-order valence-corrected chi connectivity index (χ1v) is 4.42. The monoisotopic (exact) mass is 187 g/mol. The quantitative estimate of drug-likeness (QED) is 0.674. The van der Waals surface area contributed by atoms with E-state index in [4.69, 9.17) is 9.84 Å². The molecule has 13 heavy (non-hydrogen) atoms. The molecule has 0 aromatic heterocycles. The maximum Gasteiger partial charge on any atom is 0.305 e. The van der Waals surface area contributed by atoms with Gasteiger partial charge in [0.1, 0.15) is 0 Å². The number of hydrogen-bond donors (Lipinski definition) is 2. The fraction of sp³-hybridized carbons (Fsp3) is 0.889. The Kier molecular flexibility index (Phi) is 2.63. The minimum Gasteiger partial charge on any atom is -0.481 e. The summed E-state index contributed by atoms with van der Waals surface area (Å²) in [6.45, 7) is 5.14. The van der Waals surface area contributed by atoms with Crippen LogP contribution in [0.3, 0.4) is 0 Å². The number of hydrogen-bond acceptors (Lipinski definition) is 3. The average Bonchev–Trinajstić information content (AvgIpc) is 2.27. The van der Waals surface area contributed by atoms with Crippen LogP contribution in [0.2, 0.25) is 0 Å². The lowest BCUT2D eigenvalue weighted by atomic mass is 9.73. The molecule has 1 heterocycles. The summed E-state index contributed by atoms with van der Waals surface area (Å²) in [5, 5.41) is 11.9. The van der Waals surface area contributed by atoms with Gasteiger partial charge >= 0.3 is 5.97 Å². The van der Waals surface area contributed by atoms with Gasteiger partial charge < -0.3 is 15.2 Å². The largest absolute Gasteiger partial charge is 0.481 e. The van der Waals surface area contributed by atoms with Crippen molar-refractivity contribution in [3.63, 3.8) is 0 Å². The van der Waals surface area contributed by atoms with E-state index in [0.717, 1.165) is 0 Å². The van der Waals surface area contributed by atoms with Gasteiger partial charge in [0.15, 0.2) is 0 Å². The Hall–Kier alpha value is -0.610. The van der Waals surface area contributed by atoms with Crippen LogP contribution in [0, 0.1) is 5.41 Å². The fourth-order valence-corrected chi connectivity index (χ4v) is 1.86. The van der Waals surface area contributed by atoms with Crippen molar-refractivity contribution in [1.29, 1.82) is 0 Å². The second-order valence-electron chi connectivity index (χ2n) is 4.28. The number of nitrogens with one attached hydrogen (secondary N) is 1. The van der Waals surface area contributed by atoms with Crippen LogP contribution in [0.4, 0.5) is 0 Å². The number of aliphatic carboxylic acids is 1. The van der Waals surface area contributed by atoms with Gasteiger partial charge in [-0.25, -0.2) is 0 Å². The van der Waals surface area contributed by atoms with Gasteiger partial charge in [-0.2, -0.15) is 0 Å². The van der Waals surface area contributed by atoms with Crippen molar-refractivity contribution in [2.45, 2.75) is 25.8 Å². The lowest BCUT2D eigenvalue weighted by Crippen LogP contribution is -2.55. The van der Waals surface area contributed by atoms with Gasteiger partial charge in [-0.3, -0.25) is 4.79 Å². The minimum atomic E-state index is -0.784. The molecule has 0 radical (unpaired) electrons. The normalized spacial score (nSPS) is 31.9. The molecule has 1 unspecified atom stereocenters. The molecule has 4 nitrogen and oxygen atoms in total. The highest BCUT2D eigenvalue weighted by Gasteiger charge is 2.50. The van der Waals surface area contributed by atoms with Gasteiger partial charge in [0.2, 0.25) is 0 Å². The van der Waals surface area contributed by atoms with Gasteiger partial charge in [-0.1, -0.05) is 13.8 Å². The Labute approximate surface area is 78.3 Å². The Morgan fingerprint density at radius 3 is 2.46 bits per heavy atom. The zero-order valence-corrected chi connectivity index (χ0v) is 8.39. The summed E-state index contributed by atoms with van der Waals surface area (Å²) in [6.07, 6.45) is 0.108. The summed E-state index contributed by atoms with van der Waals surface area (Å²) in [5.41, 5.74) is -0.543. The maximum atomic E-state index is 10.7. The van der Waals surface area contributed by atoms with E-state index in [0.29, 0.717) is 13.2 Å². The Bertz CT molecular complexity index is 215. The zero-order chi connectivity index (χ0) is 10.1. The van der Waals surface area contributed by atoms with E-state index < -0.39 is 11.5 Å². The van der Waals surface area contributed by atoms with Crippen molar-refractivity contribution < 1.29 is 14.6 Å². The van der Waals surface area contributed by atoms with E-state index in [9.17, 15) is 4.79 Å². The van der Waals surface area contributed by atoms with Crippen molar-refractivity contribution in [2.24, 2.45) is 5.41 Å².